The third kappa shape index (κ3) is 4.74. The van der Waals surface area contributed by atoms with E-state index < -0.39 is 0 Å². The van der Waals surface area contributed by atoms with E-state index in [2.05, 4.69) is 44.3 Å². The summed E-state index contributed by atoms with van der Waals surface area (Å²) in [5.74, 6) is 0.358. The van der Waals surface area contributed by atoms with Gasteiger partial charge in [-0.3, -0.25) is 4.79 Å². The molecule has 0 bridgehead atoms. The van der Waals surface area contributed by atoms with Gasteiger partial charge in [0.1, 0.15) is 5.69 Å². The van der Waals surface area contributed by atoms with Crippen LogP contribution < -0.4 is 10.2 Å². The zero-order valence-electron chi connectivity index (χ0n) is 16.4. The minimum atomic E-state index is -0.0733. The van der Waals surface area contributed by atoms with Crippen LogP contribution in [0.2, 0.25) is 0 Å². The highest BCUT2D eigenvalue weighted by Gasteiger charge is 2.16. The molecule has 1 saturated heterocycles. The quantitative estimate of drug-likeness (QED) is 0.845. The first kappa shape index (κ1) is 19.1. The molecule has 1 aliphatic rings. The predicted molar refractivity (Wildman–Crippen MR) is 109 cm³/mol. The van der Waals surface area contributed by atoms with Gasteiger partial charge in [0, 0.05) is 56.8 Å². The Hall–Kier alpha value is -2.67. The van der Waals surface area contributed by atoms with Gasteiger partial charge in [0.25, 0.3) is 5.91 Å². The number of nitrogens with one attached hydrogen (secondary N) is 1. The van der Waals surface area contributed by atoms with Crippen LogP contribution in [0.3, 0.4) is 0 Å². The number of amides is 1. The average molecular weight is 368 g/mol. The molecule has 0 spiro atoms. The molecule has 1 aromatic carbocycles. The summed E-state index contributed by atoms with van der Waals surface area (Å²) >= 11 is 0. The molecule has 0 aliphatic carbocycles. The topological polar surface area (TPSA) is 64.6 Å². The maximum absolute atomic E-state index is 12.5. The van der Waals surface area contributed by atoms with E-state index in [-0.39, 0.29) is 5.91 Å². The van der Waals surface area contributed by atoms with Gasteiger partial charge in [0.15, 0.2) is 0 Å². The number of benzene rings is 1. The summed E-state index contributed by atoms with van der Waals surface area (Å²) in [5.41, 5.74) is 2.53. The normalized spacial score (nSPS) is 14.9. The van der Waals surface area contributed by atoms with Crippen LogP contribution in [0.5, 0.6) is 0 Å². The Morgan fingerprint density at radius 2 is 1.74 bits per heavy atom. The van der Waals surface area contributed by atoms with Crippen LogP contribution >= 0.6 is 0 Å². The molecule has 7 nitrogen and oxygen atoms in total. The Kier molecular flexibility index (Phi) is 6.24. The highest BCUT2D eigenvalue weighted by Crippen LogP contribution is 2.21. The lowest BCUT2D eigenvalue weighted by atomic mass is 10.2. The molecule has 0 radical (unpaired) electrons. The number of hydrogen-bond donors (Lipinski definition) is 1. The molecule has 0 saturated carbocycles. The highest BCUT2D eigenvalue weighted by molar-refractivity contribution is 5.92. The average Bonchev–Trinajstić information content (AvgIpc) is 2.70. The van der Waals surface area contributed by atoms with Crippen molar-refractivity contribution in [2.75, 3.05) is 56.5 Å². The van der Waals surface area contributed by atoms with Gasteiger partial charge in [-0.25, -0.2) is 9.97 Å². The maximum Gasteiger partial charge on any atom is 0.272 e. The lowest BCUT2D eigenvalue weighted by molar-refractivity contribution is 0.0767. The molecule has 27 heavy (non-hydrogen) atoms. The van der Waals surface area contributed by atoms with Crippen molar-refractivity contribution in [3.63, 3.8) is 0 Å². The number of carbonyl (C=O) groups excluding carboxylic acids is 1. The molecule has 2 aromatic rings. The Balaban J connectivity index is 1.67. The zero-order valence-corrected chi connectivity index (χ0v) is 16.4. The van der Waals surface area contributed by atoms with Crippen LogP contribution in [-0.2, 0) is 0 Å². The number of anilines is 3. The predicted octanol–water partition coefficient (Wildman–Crippen LogP) is 2.45. The number of nitrogens with zero attached hydrogens (tertiary/aromatic N) is 5. The largest absolute Gasteiger partial charge is 0.369 e. The summed E-state index contributed by atoms with van der Waals surface area (Å²) in [6, 6.07) is 9.92. The Morgan fingerprint density at radius 1 is 1.07 bits per heavy atom. The molecule has 1 aromatic heterocycles. The SMILES string of the molecule is CCN(CC)C(=O)c1ccnc(Nc2ccc(N3CCN(C)CC3)cc2)n1. The number of aromatic nitrogens is 2. The minimum Gasteiger partial charge on any atom is -0.369 e. The van der Waals surface area contributed by atoms with Crippen LogP contribution in [0.1, 0.15) is 24.3 Å². The van der Waals surface area contributed by atoms with Crippen LogP contribution in [0.15, 0.2) is 36.5 Å². The third-order valence-electron chi connectivity index (χ3n) is 4.92. The van der Waals surface area contributed by atoms with E-state index in [1.807, 2.05) is 26.0 Å². The first-order chi connectivity index (χ1) is 13.1. The molecular formula is C20H28N6O. The first-order valence-corrected chi connectivity index (χ1v) is 9.53. The molecule has 3 rings (SSSR count). The van der Waals surface area contributed by atoms with E-state index in [0.29, 0.717) is 24.7 Å². The van der Waals surface area contributed by atoms with Crippen molar-refractivity contribution in [2.24, 2.45) is 0 Å². The van der Waals surface area contributed by atoms with Gasteiger partial charge >= 0.3 is 0 Å². The highest BCUT2D eigenvalue weighted by atomic mass is 16.2. The fourth-order valence-electron chi connectivity index (χ4n) is 3.16. The Labute approximate surface area is 161 Å². The summed E-state index contributed by atoms with van der Waals surface area (Å²) in [5, 5.41) is 3.19. The van der Waals surface area contributed by atoms with E-state index in [4.69, 9.17) is 0 Å². The van der Waals surface area contributed by atoms with Gasteiger partial charge in [-0.2, -0.15) is 0 Å². The summed E-state index contributed by atoms with van der Waals surface area (Å²) in [6.07, 6.45) is 1.62. The van der Waals surface area contributed by atoms with E-state index in [9.17, 15) is 4.79 Å². The smallest absolute Gasteiger partial charge is 0.272 e. The van der Waals surface area contributed by atoms with Crippen molar-refractivity contribution in [2.45, 2.75) is 13.8 Å². The number of hydrogen-bond acceptors (Lipinski definition) is 6. The number of carbonyl (C=O) groups is 1. The molecule has 1 N–H and O–H groups in total. The van der Waals surface area contributed by atoms with Gasteiger partial charge in [0.05, 0.1) is 0 Å². The molecule has 0 atom stereocenters. The van der Waals surface area contributed by atoms with Crippen LogP contribution in [0.25, 0.3) is 0 Å². The second-order valence-corrected chi connectivity index (χ2v) is 6.71. The van der Waals surface area contributed by atoms with Gasteiger partial charge in [-0.05, 0) is 51.2 Å². The van der Waals surface area contributed by atoms with Crippen LogP contribution in [0, 0.1) is 0 Å². The molecular weight excluding hydrogens is 340 g/mol. The van der Waals surface area contributed by atoms with Gasteiger partial charge < -0.3 is 20.0 Å². The van der Waals surface area contributed by atoms with Crippen molar-refractivity contribution >= 4 is 23.2 Å². The number of piperazine rings is 1. The van der Waals surface area contributed by atoms with Gasteiger partial charge in [0.2, 0.25) is 5.95 Å². The lowest BCUT2D eigenvalue weighted by Crippen LogP contribution is -2.44. The summed E-state index contributed by atoms with van der Waals surface area (Å²) in [6.45, 7) is 9.51. The molecule has 0 unspecified atom stereocenters. The van der Waals surface area contributed by atoms with Crippen molar-refractivity contribution in [1.82, 2.24) is 19.8 Å². The summed E-state index contributed by atoms with van der Waals surface area (Å²) in [4.78, 5) is 27.6. The third-order valence-corrected chi connectivity index (χ3v) is 4.92. The van der Waals surface area contributed by atoms with Crippen molar-refractivity contribution in [3.05, 3.63) is 42.2 Å². The maximum atomic E-state index is 12.5. The summed E-state index contributed by atoms with van der Waals surface area (Å²) < 4.78 is 0. The molecule has 1 amide bonds. The zero-order chi connectivity index (χ0) is 19.2. The minimum absolute atomic E-state index is 0.0733. The van der Waals surface area contributed by atoms with Crippen molar-refractivity contribution in [3.8, 4) is 0 Å². The standard InChI is InChI=1S/C20H28N6O/c1-4-25(5-2)19(27)18-10-11-21-20(23-18)22-16-6-8-17(9-7-16)26-14-12-24(3)13-15-26/h6-11H,4-5,12-15H2,1-3H3,(H,21,22,23). The lowest BCUT2D eigenvalue weighted by Gasteiger charge is -2.34. The molecule has 2 heterocycles. The second-order valence-electron chi connectivity index (χ2n) is 6.71. The molecule has 1 fully saturated rings. The van der Waals surface area contributed by atoms with E-state index in [1.54, 1.807) is 17.2 Å². The second kappa shape index (κ2) is 8.81. The fraction of sp³-hybridized carbons (Fsp3) is 0.450. The van der Waals surface area contributed by atoms with E-state index in [1.165, 1.54) is 5.69 Å². The van der Waals surface area contributed by atoms with E-state index >= 15 is 0 Å². The Morgan fingerprint density at radius 3 is 2.37 bits per heavy atom. The fourth-order valence-corrected chi connectivity index (χ4v) is 3.16. The number of likely N-dealkylation sites (N-methyl/N-ethyl adjacent to an activating group) is 1. The first-order valence-electron chi connectivity index (χ1n) is 9.53. The van der Waals surface area contributed by atoms with E-state index in [0.717, 1.165) is 31.9 Å². The van der Waals surface area contributed by atoms with Crippen LogP contribution in [-0.4, -0.2) is 72.0 Å². The van der Waals surface area contributed by atoms with Gasteiger partial charge in [-0.1, -0.05) is 0 Å². The molecule has 7 heteroatoms. The van der Waals surface area contributed by atoms with Crippen molar-refractivity contribution < 1.29 is 4.79 Å². The van der Waals surface area contributed by atoms with Gasteiger partial charge in [-0.15, -0.1) is 0 Å². The Bertz CT molecular complexity index is 751. The summed E-state index contributed by atoms with van der Waals surface area (Å²) in [7, 11) is 2.16. The molecule has 1 aliphatic heterocycles. The molecule has 144 valence electrons. The van der Waals surface area contributed by atoms with Crippen LogP contribution in [0.4, 0.5) is 17.3 Å². The van der Waals surface area contributed by atoms with Crippen molar-refractivity contribution in [1.29, 1.82) is 0 Å². The monoisotopic (exact) mass is 368 g/mol. The number of rotatable bonds is 6.